The maximum atomic E-state index is 13.5. The Morgan fingerprint density at radius 3 is 2.68 bits per heavy atom. The van der Waals surface area contributed by atoms with Crippen LogP contribution >= 0.6 is 0 Å². The molecule has 0 spiro atoms. The van der Waals surface area contributed by atoms with Crippen LogP contribution in [0.5, 0.6) is 0 Å². The number of halogens is 2. The van der Waals surface area contributed by atoms with Crippen molar-refractivity contribution in [3.8, 4) is 6.07 Å². The van der Waals surface area contributed by atoms with Gasteiger partial charge >= 0.3 is 0 Å². The maximum absolute atomic E-state index is 13.5. The molecule has 1 aromatic rings. The lowest BCUT2D eigenvalue weighted by Gasteiger charge is -2.31. The fourth-order valence-corrected chi connectivity index (χ4v) is 5.35. The molecular weight excluding hydrogens is 426 g/mol. The second-order valence-corrected chi connectivity index (χ2v) is 9.68. The van der Waals surface area contributed by atoms with Gasteiger partial charge in [-0.25, -0.2) is 27.7 Å². The van der Waals surface area contributed by atoms with Crippen LogP contribution in [0, 0.1) is 11.3 Å². The van der Waals surface area contributed by atoms with Crippen LogP contribution in [0.2, 0.25) is 0 Å². The molecule has 2 atom stereocenters. The third-order valence-corrected chi connectivity index (χ3v) is 7.27. The number of rotatable bonds is 6. The van der Waals surface area contributed by atoms with E-state index in [1.54, 1.807) is 0 Å². The molecule has 1 saturated carbocycles. The van der Waals surface area contributed by atoms with Crippen LogP contribution in [0.15, 0.2) is 17.3 Å². The average Bonchev–Trinajstić information content (AvgIpc) is 3.33. The van der Waals surface area contributed by atoms with Gasteiger partial charge in [-0.3, -0.25) is 0 Å². The second-order valence-electron chi connectivity index (χ2n) is 8.15. The van der Waals surface area contributed by atoms with E-state index in [1.807, 2.05) is 28.6 Å². The van der Waals surface area contributed by atoms with Crippen LogP contribution in [0.1, 0.15) is 37.7 Å². The van der Waals surface area contributed by atoms with E-state index < -0.39 is 22.9 Å². The Morgan fingerprint density at radius 1 is 1.29 bits per heavy atom. The van der Waals surface area contributed by atoms with E-state index in [0.717, 1.165) is 17.7 Å². The molecule has 12 heteroatoms. The monoisotopic (exact) mass is 452 g/mol. The average molecular weight is 453 g/mol. The van der Waals surface area contributed by atoms with Gasteiger partial charge in [0.2, 0.25) is 11.9 Å². The van der Waals surface area contributed by atoms with Gasteiger partial charge in [0.25, 0.3) is 0 Å². The Kier molecular flexibility index (Phi) is 6.36. The zero-order valence-corrected chi connectivity index (χ0v) is 18.1. The predicted octanol–water partition coefficient (Wildman–Crippen LogP) is 1.78. The number of aromatic nitrogens is 2. The summed E-state index contributed by atoms with van der Waals surface area (Å²) >= 11 is 0. The SMILES string of the molecule is CN1C=C(S(=O)N2CCC(Nc3ncc(C#N)c(NC4CCC(F)(F)C4)n3)CC2)CN1. The van der Waals surface area contributed by atoms with Crippen molar-refractivity contribution in [1.29, 1.82) is 5.26 Å². The van der Waals surface area contributed by atoms with Gasteiger partial charge in [-0.2, -0.15) is 10.2 Å². The number of nitrogens with one attached hydrogen (secondary N) is 3. The van der Waals surface area contributed by atoms with Crippen LogP contribution in [-0.2, 0) is 11.0 Å². The highest BCUT2D eigenvalue weighted by Crippen LogP contribution is 2.36. The number of piperidine rings is 1. The van der Waals surface area contributed by atoms with Crippen molar-refractivity contribution in [2.45, 2.75) is 50.1 Å². The Labute approximate surface area is 182 Å². The van der Waals surface area contributed by atoms with Crippen molar-refractivity contribution in [1.82, 2.24) is 24.7 Å². The lowest BCUT2D eigenvalue weighted by atomic mass is 10.1. The van der Waals surface area contributed by atoms with Crippen molar-refractivity contribution < 1.29 is 13.0 Å². The molecule has 3 aliphatic rings. The first-order chi connectivity index (χ1) is 14.8. The number of hydrogen-bond donors (Lipinski definition) is 3. The Balaban J connectivity index is 1.34. The quantitative estimate of drug-likeness (QED) is 0.599. The highest BCUT2D eigenvalue weighted by atomic mass is 32.2. The third-order valence-electron chi connectivity index (χ3n) is 5.74. The molecule has 1 aliphatic carbocycles. The predicted molar refractivity (Wildman–Crippen MR) is 113 cm³/mol. The van der Waals surface area contributed by atoms with Gasteiger partial charge < -0.3 is 15.6 Å². The number of anilines is 2. The summed E-state index contributed by atoms with van der Waals surface area (Å²) in [7, 11) is 0.717. The van der Waals surface area contributed by atoms with Gasteiger partial charge in [-0.1, -0.05) is 0 Å². The highest BCUT2D eigenvalue weighted by Gasteiger charge is 2.39. The summed E-state index contributed by atoms with van der Waals surface area (Å²) in [4.78, 5) is 9.44. The third kappa shape index (κ3) is 5.28. The summed E-state index contributed by atoms with van der Waals surface area (Å²) < 4.78 is 41.6. The normalized spacial score (nSPS) is 25.2. The van der Waals surface area contributed by atoms with Gasteiger partial charge in [0, 0.05) is 51.3 Å². The smallest absolute Gasteiger partial charge is 0.250 e. The molecule has 1 saturated heterocycles. The number of hydrazine groups is 1. The molecule has 2 unspecified atom stereocenters. The molecule has 3 N–H and O–H groups in total. The van der Waals surface area contributed by atoms with Crippen molar-refractivity contribution in [3.63, 3.8) is 0 Å². The van der Waals surface area contributed by atoms with Crippen molar-refractivity contribution in [2.75, 3.05) is 37.3 Å². The molecule has 2 fully saturated rings. The fourth-order valence-electron chi connectivity index (χ4n) is 4.04. The van der Waals surface area contributed by atoms with Gasteiger partial charge in [0.15, 0.2) is 0 Å². The zero-order chi connectivity index (χ0) is 22.0. The molecule has 2 aliphatic heterocycles. The van der Waals surface area contributed by atoms with Gasteiger partial charge in [0.05, 0.1) is 17.6 Å². The summed E-state index contributed by atoms with van der Waals surface area (Å²) in [6, 6.07) is 1.70. The minimum atomic E-state index is -2.67. The molecule has 0 bridgehead atoms. The maximum Gasteiger partial charge on any atom is 0.250 e. The Bertz CT molecular complexity index is 913. The number of alkyl halides is 2. The molecule has 0 aromatic carbocycles. The van der Waals surface area contributed by atoms with E-state index in [9.17, 15) is 18.3 Å². The molecule has 3 heterocycles. The van der Waals surface area contributed by atoms with E-state index in [2.05, 4.69) is 26.0 Å². The van der Waals surface area contributed by atoms with Crippen molar-refractivity contribution >= 4 is 22.8 Å². The van der Waals surface area contributed by atoms with Crippen molar-refractivity contribution in [3.05, 3.63) is 22.9 Å². The molecule has 0 amide bonds. The summed E-state index contributed by atoms with van der Waals surface area (Å²) in [5, 5.41) is 17.4. The van der Waals surface area contributed by atoms with E-state index in [1.165, 1.54) is 6.20 Å². The lowest BCUT2D eigenvalue weighted by molar-refractivity contribution is 0.00852. The number of nitriles is 1. The van der Waals surface area contributed by atoms with Gasteiger partial charge in [0.1, 0.15) is 28.4 Å². The Hall–Kier alpha value is -2.36. The summed E-state index contributed by atoms with van der Waals surface area (Å²) in [5.74, 6) is -2.03. The molecule has 168 valence electrons. The summed E-state index contributed by atoms with van der Waals surface area (Å²) in [5.41, 5.74) is 3.33. The minimum Gasteiger partial charge on any atom is -0.366 e. The molecule has 9 nitrogen and oxygen atoms in total. The standard InChI is InChI=1S/C19H26F2N8OS/c1-28-12-16(11-24-28)31(30)29-6-3-14(4-7-29)26-18-23-10-13(9-22)17(27-18)25-15-2-5-19(20,21)8-15/h10,12,14-15,24H,2-8,11H2,1H3,(H2,23,25,26,27). The molecule has 31 heavy (non-hydrogen) atoms. The first-order valence-corrected chi connectivity index (χ1v) is 11.5. The fraction of sp³-hybridized carbons (Fsp3) is 0.632. The highest BCUT2D eigenvalue weighted by molar-refractivity contribution is 7.86. The van der Waals surface area contributed by atoms with Gasteiger partial charge in [-0.15, -0.1) is 0 Å². The summed E-state index contributed by atoms with van der Waals surface area (Å²) in [6.45, 7) is 1.93. The summed E-state index contributed by atoms with van der Waals surface area (Å²) in [6.07, 6.45) is 4.72. The van der Waals surface area contributed by atoms with Crippen LogP contribution < -0.4 is 16.1 Å². The zero-order valence-electron chi connectivity index (χ0n) is 17.3. The van der Waals surface area contributed by atoms with E-state index in [0.29, 0.717) is 32.0 Å². The minimum absolute atomic E-state index is 0.100. The van der Waals surface area contributed by atoms with Crippen LogP contribution in [0.4, 0.5) is 20.5 Å². The lowest BCUT2D eigenvalue weighted by Crippen LogP contribution is -2.40. The van der Waals surface area contributed by atoms with E-state index in [4.69, 9.17) is 0 Å². The van der Waals surface area contributed by atoms with Crippen LogP contribution in [0.25, 0.3) is 0 Å². The van der Waals surface area contributed by atoms with Gasteiger partial charge in [-0.05, 0) is 19.3 Å². The molecular formula is C19H26F2N8OS. The second kappa shape index (κ2) is 9.02. The molecule has 1 aromatic heterocycles. The van der Waals surface area contributed by atoms with E-state index >= 15 is 0 Å². The Morgan fingerprint density at radius 2 is 2.06 bits per heavy atom. The first-order valence-electron chi connectivity index (χ1n) is 10.3. The van der Waals surface area contributed by atoms with Crippen LogP contribution in [-0.4, -0.2) is 68.2 Å². The van der Waals surface area contributed by atoms with Crippen molar-refractivity contribution in [2.24, 2.45) is 0 Å². The number of nitrogens with zero attached hydrogens (tertiary/aromatic N) is 5. The van der Waals surface area contributed by atoms with Crippen LogP contribution in [0.3, 0.4) is 0 Å². The largest absolute Gasteiger partial charge is 0.366 e. The molecule has 4 rings (SSSR count). The number of hydrogen-bond acceptors (Lipinski definition) is 8. The van der Waals surface area contributed by atoms with E-state index in [-0.39, 0.29) is 30.3 Å². The topological polar surface area (TPSA) is 109 Å². The molecule has 0 radical (unpaired) electrons. The first kappa shape index (κ1) is 21.9.